The van der Waals surface area contributed by atoms with Gasteiger partial charge in [-0.25, -0.2) is 43.1 Å². The fraction of sp³-hybridized carbons (Fsp3) is 0.176. The van der Waals surface area contributed by atoms with Crippen LogP contribution in [0.25, 0.3) is 22.2 Å². The van der Waals surface area contributed by atoms with E-state index in [1.807, 2.05) is 5.53 Å². The lowest BCUT2D eigenvalue weighted by atomic mass is 9.97. The van der Waals surface area contributed by atoms with Crippen molar-refractivity contribution in [3.8, 4) is 11.1 Å². The highest BCUT2D eigenvalue weighted by Crippen LogP contribution is 2.36. The van der Waals surface area contributed by atoms with Crippen molar-refractivity contribution in [1.82, 2.24) is 20.2 Å². The minimum Gasteiger partial charge on any atom is -0.396 e. The maximum Gasteiger partial charge on any atom is 0.241 e. The Morgan fingerprint density at radius 1 is 1.15 bits per heavy atom. The Hall–Kier alpha value is -3.28. The van der Waals surface area contributed by atoms with Crippen LogP contribution in [0.5, 0.6) is 0 Å². The van der Waals surface area contributed by atoms with Crippen molar-refractivity contribution in [3.05, 3.63) is 35.9 Å². The third-order valence-electron chi connectivity index (χ3n) is 4.58. The molecule has 16 heteroatoms. The van der Waals surface area contributed by atoms with Gasteiger partial charge >= 0.3 is 0 Å². The van der Waals surface area contributed by atoms with Gasteiger partial charge in [0.15, 0.2) is 11.8 Å². The molecule has 0 saturated heterocycles. The van der Waals surface area contributed by atoms with E-state index in [4.69, 9.17) is 27.6 Å². The summed E-state index contributed by atoms with van der Waals surface area (Å²) in [6.45, 7) is -0.410. The molecule has 0 amide bonds. The van der Waals surface area contributed by atoms with Gasteiger partial charge < -0.3 is 21.6 Å². The summed E-state index contributed by atoms with van der Waals surface area (Å²) in [7, 11) is -9.05. The molecule has 0 radical (unpaired) electrons. The highest BCUT2D eigenvalue weighted by Gasteiger charge is 2.31. The number of amidine groups is 1. The predicted octanol–water partition coefficient (Wildman–Crippen LogP) is -1.80. The summed E-state index contributed by atoms with van der Waals surface area (Å²) in [6, 6.07) is 7.41. The molecule has 0 aliphatic rings. The van der Waals surface area contributed by atoms with E-state index in [-0.39, 0.29) is 36.6 Å². The van der Waals surface area contributed by atoms with Gasteiger partial charge in [0, 0.05) is 24.3 Å². The summed E-state index contributed by atoms with van der Waals surface area (Å²) in [5.74, 6) is 4.90. The molecule has 0 bridgehead atoms. The van der Waals surface area contributed by atoms with E-state index in [0.717, 1.165) is 6.07 Å². The number of imidazole rings is 1. The molecule has 1 heterocycles. The molecule has 33 heavy (non-hydrogen) atoms. The first-order valence-corrected chi connectivity index (χ1v) is 12.4. The number of benzene rings is 2. The van der Waals surface area contributed by atoms with Gasteiger partial charge in [-0.3, -0.25) is 0 Å². The monoisotopic (exact) mass is 497 g/mol. The van der Waals surface area contributed by atoms with Gasteiger partial charge in [-0.2, -0.15) is 0 Å². The second-order valence-electron chi connectivity index (χ2n) is 6.79. The maximum atomic E-state index is 12.9. The Kier molecular flexibility index (Phi) is 6.86. The summed E-state index contributed by atoms with van der Waals surface area (Å²) >= 11 is 0. The Balaban J connectivity index is 2.43. The molecule has 0 aliphatic carbocycles. The van der Waals surface area contributed by atoms with Crippen molar-refractivity contribution in [2.45, 2.75) is 16.2 Å². The molecule has 1 aromatic heterocycles. The lowest BCUT2D eigenvalue weighted by molar-refractivity contribution is 0.289. The molecule has 0 unspecified atom stereocenters. The van der Waals surface area contributed by atoms with Crippen LogP contribution in [0.15, 0.2) is 45.2 Å². The smallest absolute Gasteiger partial charge is 0.241 e. The van der Waals surface area contributed by atoms with Gasteiger partial charge in [0.1, 0.15) is 9.79 Å². The van der Waals surface area contributed by atoms with Crippen LogP contribution >= 0.6 is 0 Å². The first-order valence-electron chi connectivity index (χ1n) is 9.35. The van der Waals surface area contributed by atoms with E-state index >= 15 is 0 Å². The second kappa shape index (κ2) is 9.30. The molecule has 178 valence electrons. The van der Waals surface area contributed by atoms with E-state index in [0.29, 0.717) is 16.6 Å². The quantitative estimate of drug-likeness (QED) is 0.0540. The van der Waals surface area contributed by atoms with Gasteiger partial charge in [-0.15, -0.1) is 5.10 Å². The van der Waals surface area contributed by atoms with Crippen molar-refractivity contribution in [3.63, 3.8) is 0 Å². The van der Waals surface area contributed by atoms with Crippen molar-refractivity contribution >= 4 is 42.9 Å². The van der Waals surface area contributed by atoms with Crippen LogP contribution in [0.1, 0.15) is 12.0 Å². The van der Waals surface area contributed by atoms with E-state index in [2.05, 4.69) is 19.8 Å². The van der Waals surface area contributed by atoms with Crippen molar-refractivity contribution in [2.75, 3.05) is 18.9 Å². The lowest BCUT2D eigenvalue weighted by Crippen LogP contribution is -2.31. The lowest BCUT2D eigenvalue weighted by Gasteiger charge is -2.18. The number of fused-ring (bicyclic) bond motifs is 1. The Labute approximate surface area is 189 Å². The molecule has 0 fully saturated rings. The molecule has 0 spiro atoms. The summed E-state index contributed by atoms with van der Waals surface area (Å²) < 4.78 is 53.3. The van der Waals surface area contributed by atoms with Crippen LogP contribution in [0, 0.1) is 0 Å². The van der Waals surface area contributed by atoms with Crippen molar-refractivity contribution < 1.29 is 21.9 Å². The number of aromatic amines is 1. The number of aromatic nitrogens is 2. The number of hydrogen-bond acceptors (Lipinski definition) is 10. The molecule has 2 aromatic carbocycles. The van der Waals surface area contributed by atoms with Crippen LogP contribution in [0.3, 0.4) is 0 Å². The number of hydrogen-bond donors (Lipinski definition) is 8. The number of aliphatic hydroxyl groups excluding tert-OH is 1. The molecule has 0 atom stereocenters. The summed E-state index contributed by atoms with van der Waals surface area (Å²) in [5, 5.41) is 18.0. The van der Waals surface area contributed by atoms with Gasteiger partial charge in [-0.1, -0.05) is 18.2 Å². The number of H-pyrrole nitrogens is 1. The standard InChI is InChI=1S/C17H23N9O5S2/c18-16(25-26-20)13-9(10-3-1-4-11-14(10)24-17(19)23-11)5-6-12(15(13)32(21,28)29)33(30,31)22-7-2-8-27/h1,3-6,22,26-27H,2,7-8,20H2,(H2,18,25)(H3,19,23,24)(H2,21,28,29). The van der Waals surface area contributed by atoms with Gasteiger partial charge in [0.05, 0.1) is 11.0 Å². The number of rotatable bonds is 9. The molecule has 0 saturated carbocycles. The van der Waals surface area contributed by atoms with Crippen molar-refractivity contribution in [1.29, 1.82) is 0 Å². The zero-order valence-corrected chi connectivity index (χ0v) is 18.7. The maximum absolute atomic E-state index is 12.9. The van der Waals surface area contributed by atoms with Gasteiger partial charge in [0.2, 0.25) is 20.0 Å². The van der Waals surface area contributed by atoms with E-state index < -0.39 is 35.7 Å². The van der Waals surface area contributed by atoms with Crippen LogP contribution in [0.2, 0.25) is 0 Å². The van der Waals surface area contributed by atoms with E-state index in [9.17, 15) is 16.8 Å². The summed E-state index contributed by atoms with van der Waals surface area (Å²) in [6.07, 6.45) is 0.109. The summed E-state index contributed by atoms with van der Waals surface area (Å²) in [5.41, 5.74) is 14.9. The minimum absolute atomic E-state index is 0.109. The van der Waals surface area contributed by atoms with Crippen LogP contribution < -0.4 is 32.7 Å². The molecular weight excluding hydrogens is 474 g/mol. The van der Waals surface area contributed by atoms with Crippen LogP contribution in [-0.2, 0) is 20.0 Å². The Morgan fingerprint density at radius 3 is 2.52 bits per heavy atom. The van der Waals surface area contributed by atoms with E-state index in [1.54, 1.807) is 18.2 Å². The minimum atomic E-state index is -4.67. The normalized spacial score (nSPS) is 12.9. The molecular formula is C17H23N9O5S2. The zero-order valence-electron chi connectivity index (χ0n) is 17.1. The average Bonchev–Trinajstić information content (AvgIpc) is 3.12. The summed E-state index contributed by atoms with van der Waals surface area (Å²) in [4.78, 5) is 5.64. The topological polar surface area (TPSA) is 258 Å². The predicted molar refractivity (Wildman–Crippen MR) is 122 cm³/mol. The van der Waals surface area contributed by atoms with E-state index in [1.165, 1.54) is 6.07 Å². The zero-order chi connectivity index (χ0) is 24.4. The van der Waals surface area contributed by atoms with Crippen LogP contribution in [-0.4, -0.2) is 50.9 Å². The number of primary sulfonamides is 1. The van der Waals surface area contributed by atoms with Gasteiger partial charge in [0.25, 0.3) is 0 Å². The number of nitrogens with two attached hydrogens (primary N) is 4. The molecule has 14 nitrogen and oxygen atoms in total. The van der Waals surface area contributed by atoms with Crippen LogP contribution in [0.4, 0.5) is 5.95 Å². The number of anilines is 1. The average molecular weight is 498 g/mol. The number of sulfonamides is 2. The molecule has 3 rings (SSSR count). The third-order valence-corrected chi connectivity index (χ3v) is 7.21. The molecule has 3 aromatic rings. The highest BCUT2D eigenvalue weighted by atomic mass is 32.2. The number of para-hydroxylation sites is 1. The Bertz CT molecular complexity index is 1430. The number of hydrazine groups is 1. The Morgan fingerprint density at radius 2 is 1.88 bits per heavy atom. The first-order chi connectivity index (χ1) is 15.5. The SMILES string of the molecule is NN/N=C(\N)c1c(-c2cccc3[nH]c(N)nc23)ccc(S(=O)(=O)NCCCO)c1S(N)(=O)=O. The van der Waals surface area contributed by atoms with Crippen molar-refractivity contribution in [2.24, 2.45) is 21.8 Å². The highest BCUT2D eigenvalue weighted by molar-refractivity contribution is 7.92. The molecule has 0 aliphatic heterocycles. The van der Waals surface area contributed by atoms with Gasteiger partial charge in [-0.05, 0) is 24.1 Å². The number of hydrazone groups is 1. The number of nitrogens with zero attached hydrogens (tertiary/aromatic N) is 2. The molecule has 12 N–H and O–H groups in total. The second-order valence-corrected chi connectivity index (χ2v) is 10.0. The largest absolute Gasteiger partial charge is 0.396 e. The fourth-order valence-electron chi connectivity index (χ4n) is 3.29. The number of nitrogens with one attached hydrogen (secondary N) is 3. The first kappa shape index (κ1) is 24.4. The number of aliphatic hydroxyl groups is 1. The number of nitrogen functional groups attached to an aromatic ring is 1. The third kappa shape index (κ3) is 4.90. The fourth-order valence-corrected chi connectivity index (χ4v) is 5.98.